The predicted molar refractivity (Wildman–Crippen MR) is 71.7 cm³/mol. The summed E-state index contributed by atoms with van der Waals surface area (Å²) in [5, 5.41) is 20.7. The molecule has 0 aliphatic rings. The van der Waals surface area contributed by atoms with Crippen molar-refractivity contribution < 1.29 is 5.11 Å². The molecule has 1 heterocycles. The second kappa shape index (κ2) is 5.52. The third-order valence-corrected chi connectivity index (χ3v) is 3.42. The number of nitrogens with zero attached hydrogens (tertiary/aromatic N) is 3. The van der Waals surface area contributed by atoms with Gasteiger partial charge < -0.3 is 10.0 Å². The van der Waals surface area contributed by atoms with E-state index in [0.717, 1.165) is 17.2 Å². The van der Waals surface area contributed by atoms with Gasteiger partial charge in [-0.25, -0.2) is 4.98 Å². The third kappa shape index (κ3) is 2.79. The van der Waals surface area contributed by atoms with Crippen molar-refractivity contribution in [2.24, 2.45) is 0 Å². The summed E-state index contributed by atoms with van der Waals surface area (Å²) in [6, 6.07) is 9.11. The Morgan fingerprint density at radius 2 is 2.11 bits per heavy atom. The van der Waals surface area contributed by atoms with E-state index >= 15 is 0 Å². The summed E-state index contributed by atoms with van der Waals surface area (Å²) >= 11 is 1.49. The molecule has 2 aromatic rings. The van der Waals surface area contributed by atoms with Gasteiger partial charge in [-0.15, -0.1) is 11.3 Å². The fourth-order valence-corrected chi connectivity index (χ4v) is 2.38. The highest BCUT2D eigenvalue weighted by Gasteiger charge is 2.08. The van der Waals surface area contributed by atoms with E-state index in [-0.39, 0.29) is 5.75 Å². The molecule has 0 amide bonds. The Morgan fingerprint density at radius 1 is 1.39 bits per heavy atom. The summed E-state index contributed by atoms with van der Waals surface area (Å²) in [5.74, 6) is 0.260. The van der Waals surface area contributed by atoms with Gasteiger partial charge in [-0.2, -0.15) is 5.26 Å². The lowest BCUT2D eigenvalue weighted by Gasteiger charge is -2.21. The second-order valence-corrected chi connectivity index (χ2v) is 4.71. The molecule has 1 N–H and O–H groups in total. The zero-order valence-corrected chi connectivity index (χ0v) is 10.8. The van der Waals surface area contributed by atoms with Crippen molar-refractivity contribution in [3.8, 4) is 11.8 Å². The molecule has 0 atom stereocenters. The van der Waals surface area contributed by atoms with Crippen LogP contribution in [0.15, 0.2) is 29.6 Å². The molecule has 1 aromatic heterocycles. The third-order valence-electron chi connectivity index (χ3n) is 2.59. The number of rotatable bonds is 4. The van der Waals surface area contributed by atoms with E-state index < -0.39 is 0 Å². The molecule has 2 rings (SSSR count). The highest BCUT2D eigenvalue weighted by Crippen LogP contribution is 2.21. The molecule has 0 spiro atoms. The normalized spacial score (nSPS) is 10.0. The van der Waals surface area contributed by atoms with E-state index in [9.17, 15) is 5.11 Å². The minimum atomic E-state index is 0.260. The van der Waals surface area contributed by atoms with Crippen LogP contribution in [0.1, 0.15) is 17.6 Å². The summed E-state index contributed by atoms with van der Waals surface area (Å²) in [5.41, 5.74) is 1.50. The first-order chi connectivity index (χ1) is 8.72. The molecule has 18 heavy (non-hydrogen) atoms. The Morgan fingerprint density at radius 3 is 2.67 bits per heavy atom. The van der Waals surface area contributed by atoms with E-state index in [1.54, 1.807) is 17.5 Å². The van der Waals surface area contributed by atoms with Gasteiger partial charge in [-0.05, 0) is 31.2 Å². The van der Waals surface area contributed by atoms with Crippen LogP contribution in [0.5, 0.6) is 5.75 Å². The van der Waals surface area contributed by atoms with Crippen LogP contribution in [-0.4, -0.2) is 16.6 Å². The van der Waals surface area contributed by atoms with E-state index in [1.165, 1.54) is 11.3 Å². The van der Waals surface area contributed by atoms with Crippen molar-refractivity contribution in [2.75, 3.05) is 11.4 Å². The maximum atomic E-state index is 9.27. The van der Waals surface area contributed by atoms with Crippen molar-refractivity contribution in [1.29, 1.82) is 5.26 Å². The first kappa shape index (κ1) is 12.4. The van der Waals surface area contributed by atoms with Gasteiger partial charge in [0.25, 0.3) is 0 Å². The van der Waals surface area contributed by atoms with Crippen LogP contribution in [0, 0.1) is 11.3 Å². The van der Waals surface area contributed by atoms with Crippen molar-refractivity contribution in [1.82, 2.24) is 4.98 Å². The smallest absolute Gasteiger partial charge is 0.151 e. The summed E-state index contributed by atoms with van der Waals surface area (Å²) in [7, 11) is 0. The number of nitriles is 1. The van der Waals surface area contributed by atoms with E-state index in [0.29, 0.717) is 12.2 Å². The van der Waals surface area contributed by atoms with Gasteiger partial charge in [0.2, 0.25) is 0 Å². The lowest BCUT2D eigenvalue weighted by atomic mass is 10.2. The lowest BCUT2D eigenvalue weighted by Crippen LogP contribution is -2.21. The largest absolute Gasteiger partial charge is 0.508 e. The lowest BCUT2D eigenvalue weighted by molar-refractivity contribution is 0.475. The molecular weight excluding hydrogens is 246 g/mol. The number of aromatic nitrogens is 1. The predicted octanol–water partition coefficient (Wildman–Crippen LogP) is 2.75. The van der Waals surface area contributed by atoms with Crippen molar-refractivity contribution >= 4 is 17.0 Å². The molecule has 0 aliphatic heterocycles. The van der Waals surface area contributed by atoms with Crippen LogP contribution < -0.4 is 4.90 Å². The molecule has 0 saturated heterocycles. The Labute approximate surface area is 110 Å². The molecule has 1 aromatic carbocycles. The maximum Gasteiger partial charge on any atom is 0.151 e. The Hall–Kier alpha value is -2.06. The van der Waals surface area contributed by atoms with E-state index in [2.05, 4.69) is 16.8 Å². The molecule has 0 bridgehead atoms. The molecule has 5 heteroatoms. The number of hydrogen-bond donors (Lipinski definition) is 1. The second-order valence-electron chi connectivity index (χ2n) is 3.77. The fourth-order valence-electron chi connectivity index (χ4n) is 1.65. The molecule has 0 radical (unpaired) electrons. The highest BCUT2D eigenvalue weighted by molar-refractivity contribution is 7.09. The van der Waals surface area contributed by atoms with Gasteiger partial charge in [-0.3, -0.25) is 0 Å². The Kier molecular flexibility index (Phi) is 3.80. The average Bonchev–Trinajstić information content (AvgIpc) is 2.85. The van der Waals surface area contributed by atoms with Crippen LogP contribution >= 0.6 is 11.3 Å². The molecule has 0 aliphatic carbocycles. The van der Waals surface area contributed by atoms with Crippen LogP contribution in [0.25, 0.3) is 0 Å². The summed E-state index contributed by atoms with van der Waals surface area (Å²) in [6.45, 7) is 3.57. The van der Waals surface area contributed by atoms with E-state index in [4.69, 9.17) is 5.26 Å². The first-order valence-corrected chi connectivity index (χ1v) is 6.49. The molecule has 92 valence electrons. The maximum absolute atomic E-state index is 9.27. The van der Waals surface area contributed by atoms with Crippen LogP contribution in [0.2, 0.25) is 0 Å². The highest BCUT2D eigenvalue weighted by atomic mass is 32.1. The monoisotopic (exact) mass is 259 g/mol. The minimum absolute atomic E-state index is 0.260. The Balaban J connectivity index is 2.14. The van der Waals surface area contributed by atoms with Gasteiger partial charge in [0.15, 0.2) is 5.69 Å². The minimum Gasteiger partial charge on any atom is -0.508 e. The van der Waals surface area contributed by atoms with Crippen LogP contribution in [0.4, 0.5) is 5.69 Å². The number of phenols is 1. The number of phenolic OH excluding ortho intramolecular Hbond substituents is 1. The number of aromatic hydroxyl groups is 1. The molecule has 0 saturated carbocycles. The average molecular weight is 259 g/mol. The van der Waals surface area contributed by atoms with Crippen molar-refractivity contribution in [3.05, 3.63) is 40.3 Å². The molecule has 0 fully saturated rings. The zero-order valence-electron chi connectivity index (χ0n) is 10.00. The van der Waals surface area contributed by atoms with Gasteiger partial charge >= 0.3 is 0 Å². The molecular formula is C13H13N3OS. The van der Waals surface area contributed by atoms with Gasteiger partial charge in [0.1, 0.15) is 16.8 Å². The number of hydrogen-bond acceptors (Lipinski definition) is 5. The van der Waals surface area contributed by atoms with Gasteiger partial charge in [-0.1, -0.05) is 0 Å². The van der Waals surface area contributed by atoms with Crippen LogP contribution in [-0.2, 0) is 6.54 Å². The number of anilines is 1. The van der Waals surface area contributed by atoms with Gasteiger partial charge in [0.05, 0.1) is 6.54 Å². The SMILES string of the molecule is CCN(Cc1nc(C#N)cs1)c1ccc(O)cc1. The fraction of sp³-hybridized carbons (Fsp3) is 0.231. The number of thiazole rings is 1. The quantitative estimate of drug-likeness (QED) is 0.917. The van der Waals surface area contributed by atoms with Crippen molar-refractivity contribution in [3.63, 3.8) is 0 Å². The zero-order chi connectivity index (χ0) is 13.0. The summed E-state index contributed by atoms with van der Waals surface area (Å²) in [4.78, 5) is 6.36. The first-order valence-electron chi connectivity index (χ1n) is 5.61. The summed E-state index contributed by atoms with van der Waals surface area (Å²) < 4.78 is 0. The van der Waals surface area contributed by atoms with Crippen LogP contribution in [0.3, 0.4) is 0 Å². The standard InChI is InChI=1S/C13H13N3OS/c1-2-16(11-3-5-12(17)6-4-11)8-13-15-10(7-14)9-18-13/h3-6,9,17H,2,8H2,1H3. The topological polar surface area (TPSA) is 60.2 Å². The van der Waals surface area contributed by atoms with Gasteiger partial charge in [0, 0.05) is 17.6 Å². The summed E-state index contributed by atoms with van der Waals surface area (Å²) in [6.07, 6.45) is 0. The Bertz CT molecular complexity index is 556. The molecule has 4 nitrogen and oxygen atoms in total. The number of benzene rings is 1. The van der Waals surface area contributed by atoms with E-state index in [1.807, 2.05) is 18.2 Å². The molecule has 0 unspecified atom stereocenters. The van der Waals surface area contributed by atoms with Crippen molar-refractivity contribution in [2.45, 2.75) is 13.5 Å².